The average Bonchev–Trinajstić information content (AvgIpc) is 2.36. The highest BCUT2D eigenvalue weighted by atomic mass is 32.2. The number of hydrogen-bond donors (Lipinski definition) is 1. The van der Waals surface area contributed by atoms with E-state index in [0.717, 1.165) is 0 Å². The molecule has 0 heterocycles. The van der Waals surface area contributed by atoms with Crippen LogP contribution in [-0.4, -0.2) is 29.4 Å². The normalized spacial score (nSPS) is 10.6. The van der Waals surface area contributed by atoms with Gasteiger partial charge in [-0.3, -0.25) is 9.59 Å². The molecule has 0 radical (unpaired) electrons. The van der Waals surface area contributed by atoms with Crippen molar-refractivity contribution in [1.82, 2.24) is 0 Å². The van der Waals surface area contributed by atoms with Crippen molar-refractivity contribution in [2.75, 3.05) is 12.9 Å². The lowest BCUT2D eigenvalue weighted by Gasteiger charge is -2.07. The van der Waals surface area contributed by atoms with Gasteiger partial charge in [0.15, 0.2) is 16.6 Å². The molecule has 0 fully saturated rings. The Morgan fingerprint density at radius 1 is 1.50 bits per heavy atom. The number of thioether (sulfide) groups is 1. The van der Waals surface area contributed by atoms with Crippen LogP contribution in [-0.2, 0) is 4.79 Å². The zero-order chi connectivity index (χ0) is 13.5. The van der Waals surface area contributed by atoms with Crippen molar-refractivity contribution in [1.29, 1.82) is 0 Å². The Bertz CT molecular complexity index is 480. The zero-order valence-electron chi connectivity index (χ0n) is 10.2. The molecule has 0 unspecified atom stereocenters. The van der Waals surface area contributed by atoms with Gasteiger partial charge in [0.25, 0.3) is 0 Å². The third-order valence-corrected chi connectivity index (χ3v) is 2.93. The molecule has 0 amide bonds. The number of phenolic OH excluding ortho intramolecular Hbond substituents is 1. The first kappa shape index (κ1) is 14.3. The Hall–Kier alpha value is -1.75. The molecule has 0 saturated heterocycles. The molecule has 0 saturated carbocycles. The second-order valence-corrected chi connectivity index (χ2v) is 4.68. The van der Waals surface area contributed by atoms with Crippen LogP contribution < -0.4 is 4.74 Å². The number of methoxy groups -OCH3 is 1. The summed E-state index contributed by atoms with van der Waals surface area (Å²) in [5.74, 6) is 0.744. The van der Waals surface area contributed by atoms with Crippen LogP contribution >= 0.6 is 11.8 Å². The molecule has 0 atom stereocenters. The van der Waals surface area contributed by atoms with Gasteiger partial charge in [0, 0.05) is 23.8 Å². The summed E-state index contributed by atoms with van der Waals surface area (Å²) in [6.45, 7) is 1.49. The number of rotatable bonds is 5. The summed E-state index contributed by atoms with van der Waals surface area (Å²) in [7, 11) is 1.42. The van der Waals surface area contributed by atoms with Gasteiger partial charge in [-0.15, -0.1) is 0 Å². The number of ether oxygens (including phenoxy) is 1. The summed E-state index contributed by atoms with van der Waals surface area (Å²) in [5, 5.41) is 9.88. The molecule has 1 N–H and O–H groups in total. The second kappa shape index (κ2) is 6.86. The fourth-order valence-electron chi connectivity index (χ4n) is 1.34. The van der Waals surface area contributed by atoms with E-state index in [0.29, 0.717) is 23.2 Å². The number of carbonyl (C=O) groups is 2. The standard InChI is InChI=1S/C13H14O4S/c1-9(15)18-5-3-4-11-6-10(8-14)7-12(17-2)13(11)16/h3-4,6-8,16H,5H2,1-2H3. The van der Waals surface area contributed by atoms with Crippen LogP contribution in [0.15, 0.2) is 18.2 Å². The molecule has 1 aromatic carbocycles. The molecule has 0 bridgehead atoms. The predicted molar refractivity (Wildman–Crippen MR) is 72.2 cm³/mol. The number of hydrogen-bond acceptors (Lipinski definition) is 5. The molecule has 0 aromatic heterocycles. The first-order chi connectivity index (χ1) is 8.58. The van der Waals surface area contributed by atoms with Gasteiger partial charge in [-0.25, -0.2) is 0 Å². The molecule has 18 heavy (non-hydrogen) atoms. The number of carbonyl (C=O) groups excluding carboxylic acids is 2. The van der Waals surface area contributed by atoms with Gasteiger partial charge < -0.3 is 9.84 Å². The Labute approximate surface area is 110 Å². The maximum atomic E-state index is 10.7. The van der Waals surface area contributed by atoms with Gasteiger partial charge >= 0.3 is 0 Å². The Morgan fingerprint density at radius 3 is 2.78 bits per heavy atom. The molecular weight excluding hydrogens is 252 g/mol. The summed E-state index contributed by atoms with van der Waals surface area (Å²) in [5.41, 5.74) is 0.907. The van der Waals surface area contributed by atoms with Crippen LogP contribution in [0.3, 0.4) is 0 Å². The van der Waals surface area contributed by atoms with E-state index in [4.69, 9.17) is 4.74 Å². The summed E-state index contributed by atoms with van der Waals surface area (Å²) in [6.07, 6.45) is 4.08. The molecule has 96 valence electrons. The first-order valence-electron chi connectivity index (χ1n) is 5.24. The van der Waals surface area contributed by atoms with E-state index in [9.17, 15) is 14.7 Å². The zero-order valence-corrected chi connectivity index (χ0v) is 11.0. The molecule has 0 aliphatic heterocycles. The molecular formula is C13H14O4S. The predicted octanol–water partition coefficient (Wildman–Crippen LogP) is 2.51. The average molecular weight is 266 g/mol. The summed E-state index contributed by atoms with van der Waals surface area (Å²) >= 11 is 1.17. The van der Waals surface area contributed by atoms with Gasteiger partial charge in [0.2, 0.25) is 0 Å². The molecule has 0 spiro atoms. The van der Waals surface area contributed by atoms with E-state index in [-0.39, 0.29) is 16.6 Å². The lowest BCUT2D eigenvalue weighted by atomic mass is 10.1. The van der Waals surface area contributed by atoms with Crippen molar-refractivity contribution in [2.24, 2.45) is 0 Å². The smallest absolute Gasteiger partial charge is 0.186 e. The van der Waals surface area contributed by atoms with Crippen molar-refractivity contribution in [3.05, 3.63) is 29.3 Å². The van der Waals surface area contributed by atoms with Crippen molar-refractivity contribution in [3.63, 3.8) is 0 Å². The third-order valence-electron chi connectivity index (χ3n) is 2.16. The van der Waals surface area contributed by atoms with E-state index in [1.54, 1.807) is 18.2 Å². The van der Waals surface area contributed by atoms with Crippen molar-refractivity contribution < 1.29 is 19.4 Å². The van der Waals surface area contributed by atoms with Gasteiger partial charge in [0.1, 0.15) is 6.29 Å². The topological polar surface area (TPSA) is 63.6 Å². The molecule has 1 rings (SSSR count). The van der Waals surface area contributed by atoms with E-state index in [2.05, 4.69) is 0 Å². The van der Waals surface area contributed by atoms with Crippen LogP contribution in [0.25, 0.3) is 6.08 Å². The Kier molecular flexibility index (Phi) is 5.45. The minimum absolute atomic E-state index is 0.0211. The summed E-state index contributed by atoms with van der Waals surface area (Å²) < 4.78 is 4.97. The number of aldehydes is 1. The third kappa shape index (κ3) is 3.92. The molecule has 1 aromatic rings. The molecule has 5 heteroatoms. The summed E-state index contributed by atoms with van der Waals surface area (Å²) in [4.78, 5) is 21.5. The van der Waals surface area contributed by atoms with E-state index < -0.39 is 0 Å². The number of aromatic hydroxyl groups is 1. The highest BCUT2D eigenvalue weighted by Crippen LogP contribution is 2.31. The second-order valence-electron chi connectivity index (χ2n) is 3.48. The molecule has 4 nitrogen and oxygen atoms in total. The fraction of sp³-hybridized carbons (Fsp3) is 0.231. The highest BCUT2D eigenvalue weighted by Gasteiger charge is 2.08. The van der Waals surface area contributed by atoms with Gasteiger partial charge in [-0.05, 0) is 12.1 Å². The maximum Gasteiger partial charge on any atom is 0.186 e. The highest BCUT2D eigenvalue weighted by molar-refractivity contribution is 8.13. The molecule has 0 aliphatic rings. The van der Waals surface area contributed by atoms with Gasteiger partial charge in [0.05, 0.1) is 7.11 Å². The van der Waals surface area contributed by atoms with Crippen LogP contribution in [0.4, 0.5) is 0 Å². The molecule has 0 aliphatic carbocycles. The minimum atomic E-state index is -0.0211. The lowest BCUT2D eigenvalue weighted by molar-refractivity contribution is -0.109. The van der Waals surface area contributed by atoms with Crippen LogP contribution in [0, 0.1) is 0 Å². The first-order valence-corrected chi connectivity index (χ1v) is 6.23. The Morgan fingerprint density at radius 2 is 2.22 bits per heavy atom. The van der Waals surface area contributed by atoms with Crippen molar-refractivity contribution in [2.45, 2.75) is 6.92 Å². The SMILES string of the molecule is COc1cc(C=O)cc(C=CCSC(C)=O)c1O. The van der Waals surface area contributed by atoms with Crippen molar-refractivity contribution >= 4 is 29.2 Å². The van der Waals surface area contributed by atoms with Crippen molar-refractivity contribution in [3.8, 4) is 11.5 Å². The maximum absolute atomic E-state index is 10.7. The number of benzene rings is 1. The van der Waals surface area contributed by atoms with E-state index >= 15 is 0 Å². The van der Waals surface area contributed by atoms with Crippen LogP contribution in [0.5, 0.6) is 11.5 Å². The van der Waals surface area contributed by atoms with E-state index in [1.165, 1.54) is 31.9 Å². The summed E-state index contributed by atoms with van der Waals surface area (Å²) in [6, 6.07) is 3.02. The minimum Gasteiger partial charge on any atom is -0.504 e. The van der Waals surface area contributed by atoms with Crippen LogP contribution in [0.1, 0.15) is 22.8 Å². The monoisotopic (exact) mass is 266 g/mol. The van der Waals surface area contributed by atoms with Crippen LogP contribution in [0.2, 0.25) is 0 Å². The largest absolute Gasteiger partial charge is 0.504 e. The van der Waals surface area contributed by atoms with Gasteiger partial charge in [-0.1, -0.05) is 23.9 Å². The quantitative estimate of drug-likeness (QED) is 0.830. The number of phenols is 1. The van der Waals surface area contributed by atoms with Gasteiger partial charge in [-0.2, -0.15) is 0 Å². The lowest BCUT2D eigenvalue weighted by Crippen LogP contribution is -1.90. The Balaban J connectivity index is 2.93. The van der Waals surface area contributed by atoms with E-state index in [1.807, 2.05) is 0 Å². The fourth-order valence-corrected chi connectivity index (χ4v) is 1.77.